The minimum atomic E-state index is -0.356. The highest BCUT2D eigenvalue weighted by atomic mass is 19.1. The summed E-state index contributed by atoms with van der Waals surface area (Å²) < 4.78 is 16.2. The SMILES string of the molecule is Cc1ccc2c(c1)nc([C@@H](C(C)C)N(Cc1c[nH]cn1)C(=O)c1ccccc1)n2Cc1cccc(F)c1. The second-order valence-electron chi connectivity index (χ2n) is 9.73. The van der Waals surface area contributed by atoms with E-state index in [4.69, 9.17) is 4.98 Å². The predicted octanol–water partition coefficient (Wildman–Crippen LogP) is 6.29. The quantitative estimate of drug-likeness (QED) is 0.275. The van der Waals surface area contributed by atoms with Gasteiger partial charge in [-0.1, -0.05) is 50.2 Å². The van der Waals surface area contributed by atoms with Gasteiger partial charge in [-0.2, -0.15) is 0 Å². The monoisotopic (exact) mass is 495 g/mol. The molecule has 0 bridgehead atoms. The summed E-state index contributed by atoms with van der Waals surface area (Å²) in [6.07, 6.45) is 3.43. The Morgan fingerprint density at radius 3 is 2.57 bits per heavy atom. The molecule has 0 unspecified atom stereocenters. The Labute approximate surface area is 215 Å². The van der Waals surface area contributed by atoms with Crippen molar-refractivity contribution in [1.29, 1.82) is 0 Å². The number of carbonyl (C=O) groups excluding carboxylic acids is 1. The number of benzene rings is 3. The Morgan fingerprint density at radius 2 is 1.86 bits per heavy atom. The molecular weight excluding hydrogens is 465 g/mol. The van der Waals surface area contributed by atoms with Crippen molar-refractivity contribution in [2.24, 2.45) is 5.92 Å². The third kappa shape index (κ3) is 5.16. The third-order valence-electron chi connectivity index (χ3n) is 6.56. The highest BCUT2D eigenvalue weighted by Gasteiger charge is 2.33. The van der Waals surface area contributed by atoms with E-state index in [1.54, 1.807) is 18.5 Å². The number of aryl methyl sites for hydroxylation is 1. The van der Waals surface area contributed by atoms with Crippen molar-refractivity contribution in [2.45, 2.75) is 39.9 Å². The largest absolute Gasteiger partial charge is 0.351 e. The van der Waals surface area contributed by atoms with E-state index in [1.165, 1.54) is 6.07 Å². The Kier molecular flexibility index (Phi) is 6.86. The zero-order valence-corrected chi connectivity index (χ0v) is 21.2. The van der Waals surface area contributed by atoms with Crippen LogP contribution in [0.3, 0.4) is 0 Å². The summed E-state index contributed by atoms with van der Waals surface area (Å²) in [5.74, 6) is 0.428. The molecule has 0 aliphatic rings. The molecule has 3 aromatic carbocycles. The van der Waals surface area contributed by atoms with Crippen LogP contribution in [0.25, 0.3) is 11.0 Å². The highest BCUT2D eigenvalue weighted by molar-refractivity contribution is 5.94. The van der Waals surface area contributed by atoms with Gasteiger partial charge < -0.3 is 14.5 Å². The third-order valence-corrected chi connectivity index (χ3v) is 6.56. The number of amides is 1. The molecule has 0 fully saturated rings. The molecule has 0 saturated heterocycles. The fourth-order valence-electron chi connectivity index (χ4n) is 4.86. The van der Waals surface area contributed by atoms with Crippen LogP contribution < -0.4 is 0 Å². The minimum absolute atomic E-state index is 0.0378. The van der Waals surface area contributed by atoms with Crippen molar-refractivity contribution >= 4 is 16.9 Å². The van der Waals surface area contributed by atoms with Crippen LogP contribution in [0.5, 0.6) is 0 Å². The number of H-pyrrole nitrogens is 1. The number of imidazole rings is 2. The molecule has 5 rings (SSSR count). The molecule has 0 radical (unpaired) electrons. The van der Waals surface area contributed by atoms with Gasteiger partial charge in [0.15, 0.2) is 0 Å². The number of hydrogen-bond donors (Lipinski definition) is 1. The summed E-state index contributed by atoms with van der Waals surface area (Å²) in [5, 5.41) is 0. The molecule has 0 spiro atoms. The smallest absolute Gasteiger partial charge is 0.254 e. The zero-order valence-electron chi connectivity index (χ0n) is 21.2. The summed E-state index contributed by atoms with van der Waals surface area (Å²) in [7, 11) is 0. The van der Waals surface area contributed by atoms with E-state index in [-0.39, 0.29) is 23.7 Å². The van der Waals surface area contributed by atoms with E-state index in [1.807, 2.05) is 54.4 Å². The lowest BCUT2D eigenvalue weighted by Crippen LogP contribution is -2.38. The van der Waals surface area contributed by atoms with Gasteiger partial charge >= 0.3 is 0 Å². The topological polar surface area (TPSA) is 66.8 Å². The van der Waals surface area contributed by atoms with E-state index in [9.17, 15) is 9.18 Å². The Hall–Kier alpha value is -4.26. The van der Waals surface area contributed by atoms with Gasteiger partial charge in [0.05, 0.1) is 35.6 Å². The lowest BCUT2D eigenvalue weighted by Gasteiger charge is -2.34. The summed E-state index contributed by atoms with van der Waals surface area (Å²) >= 11 is 0. The fraction of sp³-hybridized carbons (Fsp3) is 0.233. The lowest BCUT2D eigenvalue weighted by atomic mass is 9.99. The van der Waals surface area contributed by atoms with Crippen LogP contribution in [-0.4, -0.2) is 30.3 Å². The van der Waals surface area contributed by atoms with E-state index in [2.05, 4.69) is 46.6 Å². The molecular formula is C30H30FN5O. The van der Waals surface area contributed by atoms with Crippen molar-refractivity contribution in [3.05, 3.63) is 119 Å². The first-order valence-corrected chi connectivity index (χ1v) is 12.5. The van der Waals surface area contributed by atoms with Crippen LogP contribution in [0, 0.1) is 18.7 Å². The maximum Gasteiger partial charge on any atom is 0.254 e. The molecule has 37 heavy (non-hydrogen) atoms. The fourth-order valence-corrected chi connectivity index (χ4v) is 4.86. The number of nitrogens with one attached hydrogen (secondary N) is 1. The number of aromatic amines is 1. The van der Waals surface area contributed by atoms with Gasteiger partial charge in [-0.05, 0) is 60.4 Å². The second-order valence-corrected chi connectivity index (χ2v) is 9.73. The highest BCUT2D eigenvalue weighted by Crippen LogP contribution is 2.34. The van der Waals surface area contributed by atoms with Gasteiger partial charge in [0.25, 0.3) is 5.91 Å². The summed E-state index contributed by atoms with van der Waals surface area (Å²) in [6.45, 7) is 6.98. The molecule has 2 aromatic heterocycles. The summed E-state index contributed by atoms with van der Waals surface area (Å²) in [4.78, 5) is 28.3. The number of fused-ring (bicyclic) bond motifs is 1. The van der Waals surface area contributed by atoms with E-state index >= 15 is 0 Å². The maximum absolute atomic E-state index is 14.1. The molecule has 7 heteroatoms. The van der Waals surface area contributed by atoms with Crippen LogP contribution >= 0.6 is 0 Å². The van der Waals surface area contributed by atoms with Crippen LogP contribution in [0.1, 0.15) is 52.9 Å². The molecule has 1 atom stereocenters. The number of carbonyl (C=O) groups is 1. The van der Waals surface area contributed by atoms with Gasteiger partial charge in [0.1, 0.15) is 11.6 Å². The number of hydrogen-bond acceptors (Lipinski definition) is 3. The summed E-state index contributed by atoms with van der Waals surface area (Å²) in [5.41, 5.74) is 5.10. The molecule has 1 N–H and O–H groups in total. The Morgan fingerprint density at radius 1 is 1.05 bits per heavy atom. The standard InChI is InChI=1S/C30H30FN5O/c1-20(2)28(36(18-25-16-32-19-33-25)30(37)23-9-5-4-6-10-23)29-34-26-14-21(3)12-13-27(26)35(29)17-22-8-7-11-24(31)15-22/h4-16,19-20,28H,17-18H2,1-3H3,(H,32,33)/t28-/m1/s1. The van der Waals surface area contributed by atoms with Crippen molar-refractivity contribution in [2.75, 3.05) is 0 Å². The number of rotatable bonds is 8. The van der Waals surface area contributed by atoms with Gasteiger partial charge in [-0.3, -0.25) is 4.79 Å². The van der Waals surface area contributed by atoms with Gasteiger partial charge in [-0.15, -0.1) is 0 Å². The number of aromatic nitrogens is 4. The van der Waals surface area contributed by atoms with Gasteiger partial charge in [0.2, 0.25) is 0 Å². The van der Waals surface area contributed by atoms with Crippen LogP contribution in [0.15, 0.2) is 85.3 Å². The Balaban J connectivity index is 1.67. The van der Waals surface area contributed by atoms with Crippen molar-refractivity contribution in [3.8, 4) is 0 Å². The second kappa shape index (κ2) is 10.4. The first-order valence-electron chi connectivity index (χ1n) is 12.5. The first-order chi connectivity index (χ1) is 17.9. The minimum Gasteiger partial charge on any atom is -0.351 e. The molecule has 2 heterocycles. The van der Waals surface area contributed by atoms with Gasteiger partial charge in [0, 0.05) is 18.3 Å². The molecule has 6 nitrogen and oxygen atoms in total. The first kappa shape index (κ1) is 24.4. The number of nitrogens with zero attached hydrogens (tertiary/aromatic N) is 4. The molecule has 5 aromatic rings. The predicted molar refractivity (Wildman–Crippen MR) is 142 cm³/mol. The number of halogens is 1. The molecule has 1 amide bonds. The van der Waals surface area contributed by atoms with Crippen molar-refractivity contribution in [3.63, 3.8) is 0 Å². The van der Waals surface area contributed by atoms with Gasteiger partial charge in [-0.25, -0.2) is 14.4 Å². The summed E-state index contributed by atoms with van der Waals surface area (Å²) in [6, 6.07) is 21.7. The Bertz CT molecular complexity index is 1510. The average Bonchev–Trinajstić information content (AvgIpc) is 3.51. The average molecular weight is 496 g/mol. The lowest BCUT2D eigenvalue weighted by molar-refractivity contribution is 0.0582. The van der Waals surface area contributed by atoms with Crippen molar-refractivity contribution < 1.29 is 9.18 Å². The normalized spacial score (nSPS) is 12.2. The molecule has 188 valence electrons. The van der Waals surface area contributed by atoms with Crippen LogP contribution in [-0.2, 0) is 13.1 Å². The van der Waals surface area contributed by atoms with E-state index in [0.29, 0.717) is 18.7 Å². The van der Waals surface area contributed by atoms with Crippen molar-refractivity contribution in [1.82, 2.24) is 24.4 Å². The zero-order chi connectivity index (χ0) is 25.9. The van der Waals surface area contributed by atoms with Crippen LogP contribution in [0.4, 0.5) is 4.39 Å². The molecule has 0 aliphatic heterocycles. The van der Waals surface area contributed by atoms with Crippen LogP contribution in [0.2, 0.25) is 0 Å². The van der Waals surface area contributed by atoms with E-state index < -0.39 is 0 Å². The van der Waals surface area contributed by atoms with E-state index in [0.717, 1.165) is 33.7 Å². The molecule has 0 saturated carbocycles. The maximum atomic E-state index is 14.1. The molecule has 0 aliphatic carbocycles.